The van der Waals surface area contributed by atoms with Gasteiger partial charge in [0.25, 0.3) is 0 Å². The number of rotatable bonds is 9. The number of nitrogens with zero attached hydrogens (tertiary/aromatic N) is 3. The SMILES string of the molecule is CN=C(NCc1ccc(COCC(F)(F)F)cc1)NCc1ccccc1Cn1cccn1.I. The molecule has 0 radical (unpaired) electrons. The molecule has 3 aromatic rings. The average molecular weight is 573 g/mol. The fourth-order valence-corrected chi connectivity index (χ4v) is 3.08. The van der Waals surface area contributed by atoms with Gasteiger partial charge >= 0.3 is 6.18 Å². The molecule has 0 bridgehead atoms. The third-order valence-electron chi connectivity index (χ3n) is 4.70. The van der Waals surface area contributed by atoms with Crippen LogP contribution in [0, 0.1) is 0 Å². The zero-order chi connectivity index (χ0) is 22.8. The van der Waals surface area contributed by atoms with Gasteiger partial charge in [-0.15, -0.1) is 24.0 Å². The first-order valence-corrected chi connectivity index (χ1v) is 10.1. The van der Waals surface area contributed by atoms with Crippen LogP contribution >= 0.6 is 24.0 Å². The molecule has 10 heteroatoms. The molecule has 0 aliphatic carbocycles. The lowest BCUT2D eigenvalue weighted by atomic mass is 10.1. The molecule has 0 fully saturated rings. The van der Waals surface area contributed by atoms with Crippen LogP contribution in [0.1, 0.15) is 22.3 Å². The van der Waals surface area contributed by atoms with E-state index in [0.717, 1.165) is 11.1 Å². The highest BCUT2D eigenvalue weighted by Crippen LogP contribution is 2.16. The number of nitrogens with one attached hydrogen (secondary N) is 2. The lowest BCUT2D eigenvalue weighted by Gasteiger charge is -2.15. The van der Waals surface area contributed by atoms with Gasteiger partial charge in [0.1, 0.15) is 6.61 Å². The second kappa shape index (κ2) is 13.2. The first kappa shape index (κ1) is 26.7. The van der Waals surface area contributed by atoms with Crippen LogP contribution in [0.15, 0.2) is 72.0 Å². The van der Waals surface area contributed by atoms with E-state index in [4.69, 9.17) is 0 Å². The summed E-state index contributed by atoms with van der Waals surface area (Å²) in [6.45, 7) is 0.499. The van der Waals surface area contributed by atoms with Gasteiger partial charge in [-0.2, -0.15) is 18.3 Å². The van der Waals surface area contributed by atoms with E-state index >= 15 is 0 Å². The van der Waals surface area contributed by atoms with Gasteiger partial charge in [-0.1, -0.05) is 48.5 Å². The fourth-order valence-electron chi connectivity index (χ4n) is 3.08. The van der Waals surface area contributed by atoms with Crippen LogP contribution in [0.4, 0.5) is 13.2 Å². The Hall–Kier alpha value is -2.60. The summed E-state index contributed by atoms with van der Waals surface area (Å²) in [5.41, 5.74) is 3.98. The molecule has 3 rings (SSSR count). The molecule has 0 saturated carbocycles. The van der Waals surface area contributed by atoms with E-state index in [0.29, 0.717) is 31.2 Å². The van der Waals surface area contributed by atoms with E-state index in [9.17, 15) is 13.2 Å². The minimum absolute atomic E-state index is 0. The molecular weight excluding hydrogens is 546 g/mol. The number of halogens is 4. The van der Waals surface area contributed by atoms with E-state index in [1.54, 1.807) is 25.4 Å². The zero-order valence-electron chi connectivity index (χ0n) is 18.2. The number of hydrogen-bond acceptors (Lipinski definition) is 3. The maximum Gasteiger partial charge on any atom is 0.411 e. The smallest absolute Gasteiger partial charge is 0.367 e. The monoisotopic (exact) mass is 573 g/mol. The third kappa shape index (κ3) is 9.42. The van der Waals surface area contributed by atoms with E-state index < -0.39 is 12.8 Å². The number of hydrogen-bond donors (Lipinski definition) is 2. The molecule has 0 amide bonds. The quantitative estimate of drug-likeness (QED) is 0.225. The first-order valence-electron chi connectivity index (χ1n) is 10.1. The summed E-state index contributed by atoms with van der Waals surface area (Å²) in [4.78, 5) is 4.25. The predicted octanol–water partition coefficient (Wildman–Crippen LogP) is 4.49. The largest absolute Gasteiger partial charge is 0.411 e. The van der Waals surface area contributed by atoms with E-state index in [-0.39, 0.29) is 30.6 Å². The van der Waals surface area contributed by atoms with E-state index in [1.165, 1.54) is 5.56 Å². The highest BCUT2D eigenvalue weighted by atomic mass is 127. The number of benzene rings is 2. The van der Waals surface area contributed by atoms with Crippen LogP contribution in [0.25, 0.3) is 0 Å². The Morgan fingerprint density at radius 3 is 2.27 bits per heavy atom. The van der Waals surface area contributed by atoms with Crippen molar-refractivity contribution >= 4 is 29.9 Å². The van der Waals surface area contributed by atoms with Gasteiger partial charge in [0.05, 0.1) is 13.2 Å². The van der Waals surface area contributed by atoms with Crippen LogP contribution < -0.4 is 10.6 Å². The Bertz CT molecular complexity index is 992. The summed E-state index contributed by atoms with van der Waals surface area (Å²) in [6, 6.07) is 17.3. The summed E-state index contributed by atoms with van der Waals surface area (Å²) in [5, 5.41) is 10.8. The molecule has 0 saturated heterocycles. The van der Waals surface area contributed by atoms with E-state index in [2.05, 4.69) is 37.6 Å². The van der Waals surface area contributed by atoms with Crippen LogP contribution in [0.2, 0.25) is 0 Å². The topological polar surface area (TPSA) is 63.5 Å². The summed E-state index contributed by atoms with van der Waals surface area (Å²) in [7, 11) is 1.70. The number of guanidine groups is 1. The van der Waals surface area contributed by atoms with Crippen LogP contribution in [0.5, 0.6) is 0 Å². The molecule has 0 spiro atoms. The summed E-state index contributed by atoms with van der Waals surface area (Å²) < 4.78 is 43.0. The standard InChI is InChI=1S/C23H26F3N5O.HI/c1-27-22(28-13-18-7-9-19(10-8-18)16-32-17-23(24,25)26)29-14-20-5-2-3-6-21(20)15-31-12-4-11-30-31;/h2-12H,13-17H2,1H3,(H2,27,28,29);1H. The Morgan fingerprint density at radius 1 is 0.970 bits per heavy atom. The van der Waals surface area contributed by atoms with Crippen molar-refractivity contribution in [2.75, 3.05) is 13.7 Å². The summed E-state index contributed by atoms with van der Waals surface area (Å²) >= 11 is 0. The van der Waals surface area contributed by atoms with Crippen molar-refractivity contribution in [1.82, 2.24) is 20.4 Å². The van der Waals surface area contributed by atoms with Crippen molar-refractivity contribution in [3.05, 3.63) is 89.2 Å². The lowest BCUT2D eigenvalue weighted by molar-refractivity contribution is -0.176. The lowest BCUT2D eigenvalue weighted by Crippen LogP contribution is -2.36. The third-order valence-corrected chi connectivity index (χ3v) is 4.70. The van der Waals surface area contributed by atoms with Crippen molar-refractivity contribution in [2.24, 2.45) is 4.99 Å². The molecule has 178 valence electrons. The van der Waals surface area contributed by atoms with Crippen LogP contribution in [-0.4, -0.2) is 35.6 Å². The Kier molecular flexibility index (Phi) is 10.7. The Labute approximate surface area is 208 Å². The Balaban J connectivity index is 0.00000385. The molecule has 0 aliphatic heterocycles. The number of ether oxygens (including phenoxy) is 1. The molecule has 2 N–H and O–H groups in total. The molecular formula is C23H27F3IN5O. The second-order valence-electron chi connectivity index (χ2n) is 7.18. The first-order chi connectivity index (χ1) is 15.4. The zero-order valence-corrected chi connectivity index (χ0v) is 20.5. The fraction of sp³-hybridized carbons (Fsp3) is 0.304. The molecule has 1 heterocycles. The molecule has 1 aromatic heterocycles. The maximum atomic E-state index is 12.2. The molecule has 0 atom stereocenters. The highest BCUT2D eigenvalue weighted by molar-refractivity contribution is 14.0. The average Bonchev–Trinajstić information content (AvgIpc) is 3.28. The van der Waals surface area contributed by atoms with Gasteiger partial charge in [0.15, 0.2) is 5.96 Å². The highest BCUT2D eigenvalue weighted by Gasteiger charge is 2.27. The number of alkyl halides is 3. The molecule has 0 unspecified atom stereocenters. The summed E-state index contributed by atoms with van der Waals surface area (Å²) in [6.07, 6.45) is -0.625. The molecule has 6 nitrogen and oxygen atoms in total. The second-order valence-corrected chi connectivity index (χ2v) is 7.18. The van der Waals surface area contributed by atoms with Crippen LogP contribution in [-0.2, 0) is 31.0 Å². The normalized spacial score (nSPS) is 11.7. The van der Waals surface area contributed by atoms with Gasteiger partial charge in [-0.3, -0.25) is 9.67 Å². The summed E-state index contributed by atoms with van der Waals surface area (Å²) in [5.74, 6) is 0.650. The minimum Gasteiger partial charge on any atom is -0.367 e. The van der Waals surface area contributed by atoms with Crippen molar-refractivity contribution in [1.29, 1.82) is 0 Å². The van der Waals surface area contributed by atoms with Crippen molar-refractivity contribution in [3.8, 4) is 0 Å². The van der Waals surface area contributed by atoms with Crippen molar-refractivity contribution in [2.45, 2.75) is 32.4 Å². The number of aromatic nitrogens is 2. The molecule has 0 aliphatic rings. The van der Waals surface area contributed by atoms with Crippen LogP contribution in [0.3, 0.4) is 0 Å². The van der Waals surface area contributed by atoms with Gasteiger partial charge in [0, 0.05) is 32.5 Å². The van der Waals surface area contributed by atoms with Gasteiger partial charge in [-0.25, -0.2) is 0 Å². The van der Waals surface area contributed by atoms with Gasteiger partial charge in [-0.05, 0) is 28.3 Å². The van der Waals surface area contributed by atoms with Crippen molar-refractivity contribution < 1.29 is 17.9 Å². The van der Waals surface area contributed by atoms with Crippen molar-refractivity contribution in [3.63, 3.8) is 0 Å². The maximum absolute atomic E-state index is 12.2. The Morgan fingerprint density at radius 2 is 1.64 bits per heavy atom. The molecule has 2 aromatic carbocycles. The minimum atomic E-state index is -4.31. The van der Waals surface area contributed by atoms with Gasteiger partial charge in [0.2, 0.25) is 0 Å². The molecule has 33 heavy (non-hydrogen) atoms. The van der Waals surface area contributed by atoms with E-state index in [1.807, 2.05) is 41.2 Å². The van der Waals surface area contributed by atoms with Gasteiger partial charge < -0.3 is 15.4 Å². The number of aliphatic imine (C=N–C) groups is 1. The predicted molar refractivity (Wildman–Crippen MR) is 132 cm³/mol.